The molecule has 0 spiro atoms. The highest BCUT2D eigenvalue weighted by atomic mass is 16.6. The molecule has 0 fully saturated rings. The van der Waals surface area contributed by atoms with Gasteiger partial charge in [0.2, 0.25) is 0 Å². The summed E-state index contributed by atoms with van der Waals surface area (Å²) in [6.07, 6.45) is -0.268. The molecule has 1 aliphatic heterocycles. The Morgan fingerprint density at radius 1 is 1.31 bits per heavy atom. The largest absolute Gasteiger partial charge is 0.486 e. The number of nitro groups is 1. The van der Waals surface area contributed by atoms with Crippen molar-refractivity contribution < 1.29 is 23.9 Å². The average molecular weight is 358 g/mol. The molecule has 2 aromatic carbocycles. The lowest BCUT2D eigenvalue weighted by atomic mass is 10.1. The number of nitrogens with zero attached hydrogens (tertiary/aromatic N) is 1. The molecule has 26 heavy (non-hydrogen) atoms. The quantitative estimate of drug-likeness (QED) is 0.481. The van der Waals surface area contributed by atoms with E-state index in [1.54, 1.807) is 6.92 Å². The zero-order valence-electron chi connectivity index (χ0n) is 14.1. The Morgan fingerprint density at radius 2 is 2.08 bits per heavy atom. The molecule has 8 heteroatoms. The predicted molar refractivity (Wildman–Crippen MR) is 93.9 cm³/mol. The van der Waals surface area contributed by atoms with E-state index >= 15 is 0 Å². The molecule has 1 N–H and O–H groups in total. The van der Waals surface area contributed by atoms with Gasteiger partial charge in [0.1, 0.15) is 12.7 Å². The van der Waals surface area contributed by atoms with Crippen molar-refractivity contribution in [1.29, 1.82) is 0 Å². The number of hydrogen-bond donors (Lipinski definition) is 1. The number of nitro benzene ring substituents is 1. The molecular formula is C18H18N2O6. The number of para-hydroxylation sites is 2. The van der Waals surface area contributed by atoms with Gasteiger partial charge in [-0.2, -0.15) is 0 Å². The van der Waals surface area contributed by atoms with Crippen LogP contribution >= 0.6 is 0 Å². The van der Waals surface area contributed by atoms with Gasteiger partial charge in [-0.1, -0.05) is 12.1 Å². The topological polar surface area (TPSA) is 99.9 Å². The second kappa shape index (κ2) is 7.73. The van der Waals surface area contributed by atoms with E-state index in [9.17, 15) is 14.9 Å². The van der Waals surface area contributed by atoms with Crippen molar-refractivity contribution in [3.05, 3.63) is 58.1 Å². The Kier molecular flexibility index (Phi) is 5.21. The second-order valence-electron chi connectivity index (χ2n) is 5.59. The standard InChI is InChI=1S/C18H18N2O6/c1-2-24-18(21)14-9-12(20(22)23)7-8-15(14)19-10-13-11-25-16-5-3-4-6-17(16)26-13/h3-9,13,19H,2,10-11H2,1H3. The summed E-state index contributed by atoms with van der Waals surface area (Å²) in [5.74, 6) is 0.719. The van der Waals surface area contributed by atoms with Crippen LogP contribution in [0.2, 0.25) is 0 Å². The van der Waals surface area contributed by atoms with Gasteiger partial charge >= 0.3 is 5.97 Å². The van der Waals surface area contributed by atoms with Crippen LogP contribution in [0, 0.1) is 10.1 Å². The van der Waals surface area contributed by atoms with Crippen LogP contribution in [0.15, 0.2) is 42.5 Å². The monoisotopic (exact) mass is 358 g/mol. The fourth-order valence-corrected chi connectivity index (χ4v) is 2.57. The molecule has 0 amide bonds. The maximum absolute atomic E-state index is 12.1. The fraction of sp³-hybridized carbons (Fsp3) is 0.278. The molecule has 0 aromatic heterocycles. The molecule has 1 atom stereocenters. The first kappa shape index (κ1) is 17.5. The third-order valence-corrected chi connectivity index (χ3v) is 3.80. The molecule has 3 rings (SSSR count). The molecule has 1 aliphatic rings. The zero-order valence-corrected chi connectivity index (χ0v) is 14.1. The van der Waals surface area contributed by atoms with Gasteiger partial charge in [-0.05, 0) is 25.1 Å². The highest BCUT2D eigenvalue weighted by molar-refractivity contribution is 5.96. The number of anilines is 1. The van der Waals surface area contributed by atoms with E-state index in [1.165, 1.54) is 18.2 Å². The van der Waals surface area contributed by atoms with E-state index in [-0.39, 0.29) is 24.0 Å². The molecule has 0 radical (unpaired) electrons. The lowest BCUT2D eigenvalue weighted by molar-refractivity contribution is -0.384. The lowest BCUT2D eigenvalue weighted by Crippen LogP contribution is -2.35. The van der Waals surface area contributed by atoms with Crippen LogP contribution in [0.1, 0.15) is 17.3 Å². The summed E-state index contributed by atoms with van der Waals surface area (Å²) in [4.78, 5) is 22.5. The highest BCUT2D eigenvalue weighted by Crippen LogP contribution is 2.31. The van der Waals surface area contributed by atoms with E-state index in [0.717, 1.165) is 0 Å². The SMILES string of the molecule is CCOC(=O)c1cc([N+](=O)[O-])ccc1NCC1COc2ccccc2O1. The van der Waals surface area contributed by atoms with Crippen molar-refractivity contribution in [3.8, 4) is 11.5 Å². The van der Waals surface area contributed by atoms with E-state index in [0.29, 0.717) is 30.3 Å². The van der Waals surface area contributed by atoms with Gasteiger partial charge < -0.3 is 19.5 Å². The summed E-state index contributed by atoms with van der Waals surface area (Å²) in [5.41, 5.74) is 0.375. The van der Waals surface area contributed by atoms with Gasteiger partial charge in [-0.15, -0.1) is 0 Å². The van der Waals surface area contributed by atoms with Crippen LogP contribution in [0.4, 0.5) is 11.4 Å². The maximum Gasteiger partial charge on any atom is 0.340 e. The molecule has 0 saturated carbocycles. The van der Waals surface area contributed by atoms with Gasteiger partial charge in [0, 0.05) is 17.8 Å². The summed E-state index contributed by atoms with van der Waals surface area (Å²) >= 11 is 0. The summed E-state index contributed by atoms with van der Waals surface area (Å²) in [7, 11) is 0. The fourth-order valence-electron chi connectivity index (χ4n) is 2.57. The smallest absolute Gasteiger partial charge is 0.340 e. The maximum atomic E-state index is 12.1. The predicted octanol–water partition coefficient (Wildman–Crippen LogP) is 3.02. The molecule has 2 aromatic rings. The number of hydrogen-bond acceptors (Lipinski definition) is 7. The van der Waals surface area contributed by atoms with E-state index in [4.69, 9.17) is 14.2 Å². The number of carbonyl (C=O) groups excluding carboxylic acids is 1. The Balaban J connectivity index is 1.73. The van der Waals surface area contributed by atoms with Gasteiger partial charge in [-0.3, -0.25) is 10.1 Å². The molecule has 0 saturated heterocycles. The number of fused-ring (bicyclic) bond motifs is 1. The summed E-state index contributed by atoms with van der Waals surface area (Å²) in [6.45, 7) is 2.56. The van der Waals surface area contributed by atoms with Crippen molar-refractivity contribution >= 4 is 17.3 Å². The molecule has 1 heterocycles. The van der Waals surface area contributed by atoms with Crippen LogP contribution in [-0.4, -0.2) is 36.8 Å². The van der Waals surface area contributed by atoms with Crippen LogP contribution in [0.5, 0.6) is 11.5 Å². The number of carbonyl (C=O) groups is 1. The van der Waals surface area contributed by atoms with Crippen LogP contribution in [0.25, 0.3) is 0 Å². The molecular weight excluding hydrogens is 340 g/mol. The number of rotatable bonds is 6. The number of nitrogens with one attached hydrogen (secondary N) is 1. The first-order valence-electron chi connectivity index (χ1n) is 8.16. The van der Waals surface area contributed by atoms with Crippen molar-refractivity contribution in [2.45, 2.75) is 13.0 Å². The van der Waals surface area contributed by atoms with Gasteiger partial charge in [0.05, 0.1) is 23.6 Å². The second-order valence-corrected chi connectivity index (χ2v) is 5.59. The van der Waals surface area contributed by atoms with E-state index in [2.05, 4.69) is 5.32 Å². The highest BCUT2D eigenvalue weighted by Gasteiger charge is 2.22. The Morgan fingerprint density at radius 3 is 2.81 bits per heavy atom. The molecule has 8 nitrogen and oxygen atoms in total. The van der Waals surface area contributed by atoms with Gasteiger partial charge in [-0.25, -0.2) is 4.79 Å². The minimum atomic E-state index is -0.621. The number of esters is 1. The average Bonchev–Trinajstić information content (AvgIpc) is 2.66. The number of ether oxygens (including phenoxy) is 3. The molecule has 136 valence electrons. The Hall–Kier alpha value is -3.29. The van der Waals surface area contributed by atoms with Gasteiger partial charge in [0.25, 0.3) is 5.69 Å². The Labute approximate surface area is 149 Å². The first-order valence-corrected chi connectivity index (χ1v) is 8.16. The lowest BCUT2D eigenvalue weighted by Gasteiger charge is -2.27. The zero-order chi connectivity index (χ0) is 18.5. The van der Waals surface area contributed by atoms with Crippen molar-refractivity contribution in [3.63, 3.8) is 0 Å². The molecule has 0 bridgehead atoms. The van der Waals surface area contributed by atoms with Crippen molar-refractivity contribution in [2.75, 3.05) is 25.1 Å². The number of non-ortho nitro benzene ring substituents is 1. The Bertz CT molecular complexity index is 823. The summed E-state index contributed by atoms with van der Waals surface area (Å²) < 4.78 is 16.5. The van der Waals surface area contributed by atoms with Crippen molar-refractivity contribution in [2.24, 2.45) is 0 Å². The number of benzene rings is 2. The normalized spacial score (nSPS) is 15.2. The third kappa shape index (κ3) is 3.85. The molecule has 0 aliphatic carbocycles. The van der Waals surface area contributed by atoms with E-state index < -0.39 is 10.9 Å². The first-order chi connectivity index (χ1) is 12.6. The summed E-state index contributed by atoms with van der Waals surface area (Å²) in [6, 6.07) is 11.4. The van der Waals surface area contributed by atoms with Crippen molar-refractivity contribution in [1.82, 2.24) is 0 Å². The van der Waals surface area contributed by atoms with E-state index in [1.807, 2.05) is 24.3 Å². The summed E-state index contributed by atoms with van der Waals surface area (Å²) in [5, 5.41) is 14.1. The third-order valence-electron chi connectivity index (χ3n) is 3.80. The minimum absolute atomic E-state index is 0.109. The van der Waals surface area contributed by atoms with Gasteiger partial charge in [0.15, 0.2) is 11.5 Å². The minimum Gasteiger partial charge on any atom is -0.486 e. The van der Waals surface area contributed by atoms with Crippen LogP contribution in [-0.2, 0) is 4.74 Å². The van der Waals surface area contributed by atoms with Crippen LogP contribution < -0.4 is 14.8 Å². The van der Waals surface area contributed by atoms with Crippen LogP contribution in [0.3, 0.4) is 0 Å². The molecule has 1 unspecified atom stereocenters.